The van der Waals surface area contributed by atoms with Crippen LogP contribution in [0.4, 0.5) is 11.4 Å². The first-order chi connectivity index (χ1) is 8.88. The number of amides is 1. The molecule has 0 heterocycles. The molecule has 1 aromatic carbocycles. The number of hydrogen-bond donors (Lipinski definition) is 2. The van der Waals surface area contributed by atoms with Gasteiger partial charge in [0.2, 0.25) is 5.91 Å². The van der Waals surface area contributed by atoms with Gasteiger partial charge in [-0.3, -0.25) is 9.69 Å². The Morgan fingerprint density at radius 1 is 1.42 bits per heavy atom. The van der Waals surface area contributed by atoms with E-state index in [0.29, 0.717) is 11.7 Å². The summed E-state index contributed by atoms with van der Waals surface area (Å²) in [5, 5.41) is 2.95. The van der Waals surface area contributed by atoms with Gasteiger partial charge in [-0.15, -0.1) is 0 Å². The molecule has 3 N–H and O–H groups in total. The monoisotopic (exact) mass is 263 g/mol. The largest absolute Gasteiger partial charge is 0.398 e. The normalized spacial score (nSPS) is 14.2. The third-order valence-corrected chi connectivity index (χ3v) is 3.91. The van der Waals surface area contributed by atoms with E-state index in [1.54, 1.807) is 0 Å². The average Bonchev–Trinajstić information content (AvgIpc) is 2.41. The lowest BCUT2D eigenvalue weighted by molar-refractivity contribution is -0.121. The second-order valence-electron chi connectivity index (χ2n) is 5.11. The van der Waals surface area contributed by atoms with Crippen LogP contribution in [-0.4, -0.2) is 29.9 Å². The zero-order valence-electron chi connectivity index (χ0n) is 12.5. The Balaban J connectivity index is 2.77. The van der Waals surface area contributed by atoms with Gasteiger partial charge in [-0.2, -0.15) is 0 Å². The molecule has 0 bridgehead atoms. The van der Waals surface area contributed by atoms with Gasteiger partial charge in [0.15, 0.2) is 0 Å². The summed E-state index contributed by atoms with van der Waals surface area (Å²) in [4.78, 5) is 14.3. The summed E-state index contributed by atoms with van der Waals surface area (Å²) in [6.45, 7) is 8.07. The van der Waals surface area contributed by atoms with E-state index in [1.165, 1.54) is 0 Å². The van der Waals surface area contributed by atoms with E-state index in [4.69, 9.17) is 5.73 Å². The van der Waals surface area contributed by atoms with Gasteiger partial charge < -0.3 is 11.1 Å². The number of hydrogen-bond acceptors (Lipinski definition) is 3. The van der Waals surface area contributed by atoms with Crippen molar-refractivity contribution in [2.45, 2.75) is 46.2 Å². The van der Waals surface area contributed by atoms with Crippen LogP contribution in [0.2, 0.25) is 0 Å². The molecule has 2 atom stereocenters. The molecule has 2 unspecified atom stereocenters. The number of likely N-dealkylation sites (N-methyl/N-ethyl adjacent to an activating group) is 1. The summed E-state index contributed by atoms with van der Waals surface area (Å²) < 4.78 is 0. The molecule has 0 aliphatic heterocycles. The van der Waals surface area contributed by atoms with Crippen molar-refractivity contribution in [2.24, 2.45) is 0 Å². The number of benzene rings is 1. The van der Waals surface area contributed by atoms with Crippen LogP contribution in [-0.2, 0) is 4.79 Å². The molecule has 0 saturated heterocycles. The number of nitrogens with zero attached hydrogens (tertiary/aromatic N) is 1. The van der Waals surface area contributed by atoms with Gasteiger partial charge in [0.25, 0.3) is 0 Å². The van der Waals surface area contributed by atoms with E-state index < -0.39 is 0 Å². The SMILES string of the molecule is CCC(C)N(C)C(C)C(=O)Nc1cccc(N)c1C. The van der Waals surface area contributed by atoms with Crippen LogP contribution in [0, 0.1) is 6.92 Å². The number of carbonyl (C=O) groups is 1. The maximum absolute atomic E-state index is 12.2. The minimum absolute atomic E-state index is 0.00324. The van der Waals surface area contributed by atoms with Crippen molar-refractivity contribution in [1.82, 2.24) is 4.90 Å². The highest BCUT2D eigenvalue weighted by atomic mass is 16.2. The van der Waals surface area contributed by atoms with Crippen molar-refractivity contribution >= 4 is 17.3 Å². The Labute approximate surface area is 116 Å². The topological polar surface area (TPSA) is 58.4 Å². The number of nitrogens with one attached hydrogen (secondary N) is 1. The number of rotatable bonds is 5. The van der Waals surface area contributed by atoms with Gasteiger partial charge in [-0.1, -0.05) is 13.0 Å². The smallest absolute Gasteiger partial charge is 0.241 e. The Hall–Kier alpha value is -1.55. The predicted octanol–water partition coefficient (Wildman–Crippen LogP) is 2.63. The minimum atomic E-state index is -0.171. The second-order valence-corrected chi connectivity index (χ2v) is 5.11. The van der Waals surface area contributed by atoms with Crippen molar-refractivity contribution in [3.63, 3.8) is 0 Å². The van der Waals surface area contributed by atoms with E-state index in [0.717, 1.165) is 17.7 Å². The van der Waals surface area contributed by atoms with Crippen LogP contribution >= 0.6 is 0 Å². The Morgan fingerprint density at radius 2 is 2.05 bits per heavy atom. The summed E-state index contributed by atoms with van der Waals surface area (Å²) in [6, 6.07) is 5.76. The molecule has 0 aromatic heterocycles. The highest BCUT2D eigenvalue weighted by Gasteiger charge is 2.21. The van der Waals surface area contributed by atoms with Crippen LogP contribution in [0.25, 0.3) is 0 Å². The maximum Gasteiger partial charge on any atom is 0.241 e. The summed E-state index contributed by atoms with van der Waals surface area (Å²) in [5.41, 5.74) is 8.23. The third-order valence-electron chi connectivity index (χ3n) is 3.91. The fraction of sp³-hybridized carbons (Fsp3) is 0.533. The lowest BCUT2D eigenvalue weighted by Crippen LogP contribution is -2.44. The summed E-state index contributed by atoms with van der Waals surface area (Å²) in [6.07, 6.45) is 1.02. The molecule has 0 spiro atoms. The average molecular weight is 263 g/mol. The molecule has 0 radical (unpaired) electrons. The summed E-state index contributed by atoms with van der Waals surface area (Å²) in [5.74, 6) is -0.00324. The lowest BCUT2D eigenvalue weighted by Gasteiger charge is -2.29. The predicted molar refractivity (Wildman–Crippen MR) is 81.2 cm³/mol. The van der Waals surface area contributed by atoms with E-state index in [-0.39, 0.29) is 11.9 Å². The van der Waals surface area contributed by atoms with Crippen molar-refractivity contribution in [1.29, 1.82) is 0 Å². The van der Waals surface area contributed by atoms with Gasteiger partial charge in [-0.25, -0.2) is 0 Å². The lowest BCUT2D eigenvalue weighted by atomic mass is 10.1. The first-order valence-corrected chi connectivity index (χ1v) is 6.76. The quantitative estimate of drug-likeness (QED) is 0.803. The number of nitrogens with two attached hydrogens (primary N) is 1. The fourth-order valence-electron chi connectivity index (χ4n) is 1.88. The molecule has 19 heavy (non-hydrogen) atoms. The zero-order chi connectivity index (χ0) is 14.6. The molecular formula is C15H25N3O. The first kappa shape index (κ1) is 15.5. The van der Waals surface area contributed by atoms with E-state index in [9.17, 15) is 4.79 Å². The number of anilines is 2. The fourth-order valence-corrected chi connectivity index (χ4v) is 1.88. The van der Waals surface area contributed by atoms with Crippen LogP contribution in [0.15, 0.2) is 18.2 Å². The molecule has 1 amide bonds. The van der Waals surface area contributed by atoms with Crippen LogP contribution in [0.5, 0.6) is 0 Å². The van der Waals surface area contributed by atoms with Crippen LogP contribution < -0.4 is 11.1 Å². The number of nitrogen functional groups attached to an aromatic ring is 1. The van der Waals surface area contributed by atoms with Crippen molar-refractivity contribution < 1.29 is 4.79 Å². The van der Waals surface area contributed by atoms with E-state index >= 15 is 0 Å². The minimum Gasteiger partial charge on any atom is -0.398 e. The summed E-state index contributed by atoms with van der Waals surface area (Å²) >= 11 is 0. The Morgan fingerprint density at radius 3 is 2.63 bits per heavy atom. The zero-order valence-corrected chi connectivity index (χ0v) is 12.5. The van der Waals surface area contributed by atoms with Crippen molar-refractivity contribution in [3.05, 3.63) is 23.8 Å². The molecule has 1 rings (SSSR count). The first-order valence-electron chi connectivity index (χ1n) is 6.76. The standard InChI is InChI=1S/C15H25N3O/c1-6-10(2)18(5)12(4)15(19)17-14-9-7-8-13(16)11(14)3/h7-10,12H,6,16H2,1-5H3,(H,17,19). The second kappa shape index (κ2) is 6.57. The molecule has 0 fully saturated rings. The molecule has 0 aliphatic carbocycles. The molecule has 1 aromatic rings. The maximum atomic E-state index is 12.2. The van der Waals surface area contributed by atoms with Gasteiger partial charge in [0, 0.05) is 17.4 Å². The Bertz CT molecular complexity index is 445. The molecule has 0 aliphatic rings. The molecule has 106 valence electrons. The van der Waals surface area contributed by atoms with Crippen molar-refractivity contribution in [2.75, 3.05) is 18.1 Å². The molecular weight excluding hydrogens is 238 g/mol. The molecule has 4 nitrogen and oxygen atoms in total. The van der Waals surface area contributed by atoms with E-state index in [2.05, 4.69) is 24.1 Å². The van der Waals surface area contributed by atoms with Crippen LogP contribution in [0.1, 0.15) is 32.8 Å². The summed E-state index contributed by atoms with van der Waals surface area (Å²) in [7, 11) is 1.98. The molecule has 4 heteroatoms. The third kappa shape index (κ3) is 3.70. The van der Waals surface area contributed by atoms with Gasteiger partial charge in [0.05, 0.1) is 6.04 Å². The van der Waals surface area contributed by atoms with Crippen molar-refractivity contribution in [3.8, 4) is 0 Å². The van der Waals surface area contributed by atoms with Gasteiger partial charge in [0.1, 0.15) is 0 Å². The van der Waals surface area contributed by atoms with Crippen LogP contribution in [0.3, 0.4) is 0 Å². The van der Waals surface area contributed by atoms with E-state index in [1.807, 2.05) is 39.1 Å². The van der Waals surface area contributed by atoms with Gasteiger partial charge >= 0.3 is 0 Å². The Kier molecular flexibility index (Phi) is 5.36. The highest BCUT2D eigenvalue weighted by Crippen LogP contribution is 2.21. The molecule has 0 saturated carbocycles. The highest BCUT2D eigenvalue weighted by molar-refractivity contribution is 5.95. The number of carbonyl (C=O) groups excluding carboxylic acids is 1. The van der Waals surface area contributed by atoms with Gasteiger partial charge in [-0.05, 0) is 51.9 Å².